The Labute approximate surface area is 107 Å². The van der Waals surface area contributed by atoms with E-state index >= 15 is 0 Å². The third-order valence-electron chi connectivity index (χ3n) is 3.63. The minimum absolute atomic E-state index is 0.126. The van der Waals surface area contributed by atoms with Crippen LogP contribution in [0.4, 0.5) is 4.39 Å². The summed E-state index contributed by atoms with van der Waals surface area (Å²) in [6.07, 6.45) is 1.14. The van der Waals surface area contributed by atoms with Gasteiger partial charge in [-0.2, -0.15) is 0 Å². The van der Waals surface area contributed by atoms with Crippen molar-refractivity contribution in [3.8, 4) is 0 Å². The van der Waals surface area contributed by atoms with Crippen LogP contribution >= 0.6 is 0 Å². The minimum atomic E-state index is -0.126. The molecule has 0 radical (unpaired) electrons. The molecule has 1 atom stereocenters. The molecule has 1 N–H and O–H groups in total. The lowest BCUT2D eigenvalue weighted by Crippen LogP contribution is -2.29. The van der Waals surface area contributed by atoms with Gasteiger partial charge in [-0.25, -0.2) is 4.39 Å². The zero-order valence-corrected chi connectivity index (χ0v) is 10.2. The first-order valence-electron chi connectivity index (χ1n) is 6.36. The van der Waals surface area contributed by atoms with Crippen LogP contribution < -0.4 is 5.32 Å². The summed E-state index contributed by atoms with van der Waals surface area (Å²) in [4.78, 5) is 0. The highest BCUT2D eigenvalue weighted by molar-refractivity contribution is 5.40. The summed E-state index contributed by atoms with van der Waals surface area (Å²) < 4.78 is 13.4. The molecule has 0 saturated heterocycles. The summed E-state index contributed by atoms with van der Waals surface area (Å²) in [6.45, 7) is 1.52. The minimum Gasteiger partial charge on any atom is -0.312 e. The van der Waals surface area contributed by atoms with Crippen LogP contribution in [0.2, 0.25) is 0 Å². The molecule has 0 amide bonds. The summed E-state index contributed by atoms with van der Waals surface area (Å²) in [7, 11) is 0. The summed E-state index contributed by atoms with van der Waals surface area (Å²) >= 11 is 0. The van der Waals surface area contributed by atoms with Gasteiger partial charge >= 0.3 is 0 Å². The fraction of sp³-hybridized carbons (Fsp3) is 0.250. The molecule has 92 valence electrons. The van der Waals surface area contributed by atoms with Crippen molar-refractivity contribution in [3.63, 3.8) is 0 Å². The molecule has 1 aliphatic carbocycles. The monoisotopic (exact) mass is 241 g/mol. The van der Waals surface area contributed by atoms with Gasteiger partial charge in [-0.05, 0) is 23.6 Å². The zero-order valence-electron chi connectivity index (χ0n) is 10.2. The number of benzene rings is 2. The van der Waals surface area contributed by atoms with Crippen molar-refractivity contribution in [3.05, 3.63) is 71.0 Å². The predicted molar refractivity (Wildman–Crippen MR) is 71.0 cm³/mol. The molecular weight excluding hydrogens is 225 g/mol. The second-order valence-electron chi connectivity index (χ2n) is 4.82. The van der Waals surface area contributed by atoms with E-state index in [4.69, 9.17) is 0 Å². The largest absolute Gasteiger partial charge is 0.312 e. The first-order valence-corrected chi connectivity index (χ1v) is 6.36. The van der Waals surface area contributed by atoms with E-state index in [9.17, 15) is 4.39 Å². The van der Waals surface area contributed by atoms with E-state index in [-0.39, 0.29) is 5.82 Å². The van der Waals surface area contributed by atoms with Gasteiger partial charge in [0.2, 0.25) is 0 Å². The lowest BCUT2D eigenvalue weighted by atomic mass is 9.77. The second kappa shape index (κ2) is 4.91. The Hall–Kier alpha value is -1.67. The van der Waals surface area contributed by atoms with E-state index in [1.807, 2.05) is 12.1 Å². The first kappa shape index (κ1) is 11.4. The fourth-order valence-electron chi connectivity index (χ4n) is 2.57. The van der Waals surface area contributed by atoms with Crippen molar-refractivity contribution in [2.75, 3.05) is 6.54 Å². The van der Waals surface area contributed by atoms with Crippen LogP contribution in [0.1, 0.15) is 22.6 Å². The predicted octanol–water partition coefficient (Wildman–Crippen LogP) is 3.26. The molecule has 0 bridgehead atoms. The van der Waals surface area contributed by atoms with Crippen LogP contribution in [-0.2, 0) is 13.0 Å². The third-order valence-corrected chi connectivity index (χ3v) is 3.63. The van der Waals surface area contributed by atoms with E-state index < -0.39 is 0 Å². The van der Waals surface area contributed by atoms with Gasteiger partial charge in [-0.1, -0.05) is 42.5 Å². The highest BCUT2D eigenvalue weighted by Gasteiger charge is 2.24. The summed E-state index contributed by atoms with van der Waals surface area (Å²) in [5.74, 6) is 0.465. The molecule has 2 aromatic rings. The molecule has 1 nitrogen and oxygen atoms in total. The van der Waals surface area contributed by atoms with Gasteiger partial charge in [0.1, 0.15) is 5.82 Å². The quantitative estimate of drug-likeness (QED) is 0.866. The van der Waals surface area contributed by atoms with Crippen LogP contribution in [0.3, 0.4) is 0 Å². The Balaban J connectivity index is 1.54. The van der Waals surface area contributed by atoms with Gasteiger partial charge in [-0.15, -0.1) is 0 Å². The van der Waals surface area contributed by atoms with Gasteiger partial charge in [0.15, 0.2) is 0 Å². The smallest absolute Gasteiger partial charge is 0.127 e. The van der Waals surface area contributed by atoms with Crippen molar-refractivity contribution in [2.24, 2.45) is 0 Å². The number of hydrogen-bond donors (Lipinski definition) is 1. The Kier molecular flexibility index (Phi) is 3.11. The molecule has 0 fully saturated rings. The summed E-state index contributed by atoms with van der Waals surface area (Å²) in [6, 6.07) is 15.5. The molecule has 0 heterocycles. The van der Waals surface area contributed by atoms with E-state index in [1.165, 1.54) is 17.2 Å². The molecule has 3 rings (SSSR count). The molecule has 2 aromatic carbocycles. The Morgan fingerprint density at radius 2 is 1.83 bits per heavy atom. The molecular formula is C16H16FN. The second-order valence-corrected chi connectivity index (χ2v) is 4.82. The molecule has 0 aliphatic heterocycles. The standard InChI is InChI=1S/C16H16FN/c17-16-8-4-2-6-13(16)10-18-11-14-9-12-5-1-3-7-15(12)14/h1-8,14,18H,9-11H2. The summed E-state index contributed by atoms with van der Waals surface area (Å²) in [5, 5.41) is 3.35. The lowest BCUT2D eigenvalue weighted by molar-refractivity contribution is 0.523. The maximum Gasteiger partial charge on any atom is 0.127 e. The van der Waals surface area contributed by atoms with Crippen LogP contribution in [0.5, 0.6) is 0 Å². The SMILES string of the molecule is Fc1ccccc1CNCC1Cc2ccccc21. The Morgan fingerprint density at radius 3 is 2.67 bits per heavy atom. The van der Waals surface area contributed by atoms with Crippen molar-refractivity contribution >= 4 is 0 Å². The Bertz CT molecular complexity index is 550. The zero-order chi connectivity index (χ0) is 12.4. The molecule has 0 aromatic heterocycles. The van der Waals surface area contributed by atoms with E-state index in [0.29, 0.717) is 12.5 Å². The van der Waals surface area contributed by atoms with E-state index in [1.54, 1.807) is 6.07 Å². The fourth-order valence-corrected chi connectivity index (χ4v) is 2.57. The molecule has 0 spiro atoms. The molecule has 2 heteroatoms. The van der Waals surface area contributed by atoms with Crippen molar-refractivity contribution in [1.82, 2.24) is 5.32 Å². The third kappa shape index (κ3) is 2.16. The van der Waals surface area contributed by atoms with Crippen molar-refractivity contribution in [1.29, 1.82) is 0 Å². The summed E-state index contributed by atoms with van der Waals surface area (Å²) in [5.41, 5.74) is 3.64. The van der Waals surface area contributed by atoms with Gasteiger partial charge in [0.05, 0.1) is 0 Å². The molecule has 1 aliphatic rings. The van der Waals surface area contributed by atoms with Crippen LogP contribution in [0.25, 0.3) is 0 Å². The topological polar surface area (TPSA) is 12.0 Å². The molecule has 0 saturated carbocycles. The van der Waals surface area contributed by atoms with Gasteiger partial charge in [-0.3, -0.25) is 0 Å². The van der Waals surface area contributed by atoms with Gasteiger partial charge < -0.3 is 5.32 Å². The van der Waals surface area contributed by atoms with Gasteiger partial charge in [0.25, 0.3) is 0 Å². The van der Waals surface area contributed by atoms with Gasteiger partial charge in [0, 0.05) is 24.6 Å². The van der Waals surface area contributed by atoms with Crippen molar-refractivity contribution < 1.29 is 4.39 Å². The molecule has 18 heavy (non-hydrogen) atoms. The van der Waals surface area contributed by atoms with E-state index in [0.717, 1.165) is 18.5 Å². The number of rotatable bonds is 4. The van der Waals surface area contributed by atoms with Crippen LogP contribution in [0, 0.1) is 5.82 Å². The lowest BCUT2D eigenvalue weighted by Gasteiger charge is -2.30. The number of nitrogens with one attached hydrogen (secondary N) is 1. The van der Waals surface area contributed by atoms with Crippen LogP contribution in [0.15, 0.2) is 48.5 Å². The highest BCUT2D eigenvalue weighted by Crippen LogP contribution is 2.33. The maximum atomic E-state index is 13.4. The van der Waals surface area contributed by atoms with Crippen molar-refractivity contribution in [2.45, 2.75) is 18.9 Å². The van der Waals surface area contributed by atoms with Crippen LogP contribution in [-0.4, -0.2) is 6.54 Å². The maximum absolute atomic E-state index is 13.4. The number of fused-ring (bicyclic) bond motifs is 1. The highest BCUT2D eigenvalue weighted by atomic mass is 19.1. The molecule has 1 unspecified atom stereocenters. The first-order chi connectivity index (χ1) is 8.84. The number of halogens is 1. The van der Waals surface area contributed by atoms with E-state index in [2.05, 4.69) is 29.6 Å². The average molecular weight is 241 g/mol. The number of hydrogen-bond acceptors (Lipinski definition) is 1. The normalized spacial score (nSPS) is 17.1. The Morgan fingerprint density at radius 1 is 1.06 bits per heavy atom. The average Bonchev–Trinajstić information content (AvgIpc) is 2.37.